The quantitative estimate of drug-likeness (QED) is 0.638. The van der Waals surface area contributed by atoms with Crippen LogP contribution in [0.2, 0.25) is 0 Å². The molecule has 2 aromatic heterocycles. The maximum atomic E-state index is 3.99. The molecule has 0 spiro atoms. The van der Waals surface area contributed by atoms with Gasteiger partial charge in [0.2, 0.25) is 0 Å². The summed E-state index contributed by atoms with van der Waals surface area (Å²) >= 11 is 0. The first-order valence-corrected chi connectivity index (χ1v) is 5.66. The summed E-state index contributed by atoms with van der Waals surface area (Å²) in [7, 11) is 0. The first kappa shape index (κ1) is 10.1. The van der Waals surface area contributed by atoms with Crippen LogP contribution in [0.4, 0.5) is 0 Å². The Morgan fingerprint density at radius 3 is 3.00 bits per heavy atom. The molecule has 0 bridgehead atoms. The lowest BCUT2D eigenvalue weighted by Gasteiger charge is -2.05. The molecule has 0 unspecified atom stereocenters. The number of nitrogens with zero attached hydrogens (tertiary/aromatic N) is 1. The predicted octanol–water partition coefficient (Wildman–Crippen LogP) is 2.18. The number of imidazole rings is 1. The molecule has 4 heteroatoms. The Balaban J connectivity index is 1.70. The average molecular weight is 226 g/mol. The van der Waals surface area contributed by atoms with E-state index in [9.17, 15) is 0 Å². The van der Waals surface area contributed by atoms with Gasteiger partial charge in [-0.2, -0.15) is 0 Å². The molecule has 3 aromatic rings. The van der Waals surface area contributed by atoms with Gasteiger partial charge in [-0.1, -0.05) is 18.2 Å². The van der Waals surface area contributed by atoms with Crippen molar-refractivity contribution in [2.45, 2.75) is 13.1 Å². The van der Waals surface area contributed by atoms with Crippen molar-refractivity contribution in [2.24, 2.45) is 0 Å². The minimum Gasteiger partial charge on any atom is -0.361 e. The fourth-order valence-electron chi connectivity index (χ4n) is 2.01. The van der Waals surface area contributed by atoms with Crippen LogP contribution in [0, 0.1) is 0 Å². The molecule has 17 heavy (non-hydrogen) atoms. The first-order chi connectivity index (χ1) is 8.43. The number of hydrogen-bond acceptors (Lipinski definition) is 2. The zero-order valence-corrected chi connectivity index (χ0v) is 9.40. The third kappa shape index (κ3) is 2.07. The molecular formula is C13H14N4. The molecule has 0 radical (unpaired) electrons. The third-order valence-corrected chi connectivity index (χ3v) is 2.86. The normalized spacial score (nSPS) is 11.1. The third-order valence-electron chi connectivity index (χ3n) is 2.86. The average Bonchev–Trinajstić information content (AvgIpc) is 2.99. The number of aromatic nitrogens is 3. The van der Waals surface area contributed by atoms with Crippen molar-refractivity contribution in [3.8, 4) is 0 Å². The van der Waals surface area contributed by atoms with E-state index in [-0.39, 0.29) is 0 Å². The summed E-state index contributed by atoms with van der Waals surface area (Å²) in [5.74, 6) is 0. The topological polar surface area (TPSA) is 56.5 Å². The minimum absolute atomic E-state index is 0.803. The molecule has 4 nitrogen and oxygen atoms in total. The molecule has 0 aliphatic heterocycles. The van der Waals surface area contributed by atoms with Gasteiger partial charge in [0.05, 0.1) is 6.33 Å². The minimum atomic E-state index is 0.803. The fourth-order valence-corrected chi connectivity index (χ4v) is 2.01. The van der Waals surface area contributed by atoms with Gasteiger partial charge in [-0.15, -0.1) is 0 Å². The van der Waals surface area contributed by atoms with Crippen molar-refractivity contribution in [3.05, 3.63) is 54.2 Å². The number of H-pyrrole nitrogens is 2. The monoisotopic (exact) mass is 226 g/mol. The lowest BCUT2D eigenvalue weighted by Crippen LogP contribution is -2.13. The molecule has 0 atom stereocenters. The van der Waals surface area contributed by atoms with E-state index in [4.69, 9.17) is 0 Å². The molecule has 3 N–H and O–H groups in total. The highest BCUT2D eigenvalue weighted by Gasteiger charge is 2.01. The van der Waals surface area contributed by atoms with Crippen LogP contribution in [-0.4, -0.2) is 15.0 Å². The molecule has 0 saturated carbocycles. The van der Waals surface area contributed by atoms with Gasteiger partial charge in [-0.05, 0) is 17.0 Å². The van der Waals surface area contributed by atoms with Gasteiger partial charge >= 0.3 is 0 Å². The lowest BCUT2D eigenvalue weighted by molar-refractivity contribution is 0.684. The number of hydrogen-bond donors (Lipinski definition) is 3. The van der Waals surface area contributed by atoms with E-state index < -0.39 is 0 Å². The molecule has 1 aromatic carbocycles. The molecule has 0 aliphatic carbocycles. The van der Waals surface area contributed by atoms with E-state index in [0.717, 1.165) is 18.8 Å². The highest BCUT2D eigenvalue weighted by Crippen LogP contribution is 2.16. The Morgan fingerprint density at radius 1 is 1.12 bits per heavy atom. The van der Waals surface area contributed by atoms with Gasteiger partial charge in [0, 0.05) is 36.7 Å². The molecule has 0 saturated heterocycles. The number of nitrogens with one attached hydrogen (secondary N) is 3. The lowest BCUT2D eigenvalue weighted by atomic mass is 10.1. The van der Waals surface area contributed by atoms with Gasteiger partial charge in [0.25, 0.3) is 0 Å². The largest absolute Gasteiger partial charge is 0.361 e. The summed E-state index contributed by atoms with van der Waals surface area (Å²) in [6.07, 6.45) is 5.51. The van der Waals surface area contributed by atoms with E-state index in [1.165, 1.54) is 16.5 Å². The second-order valence-corrected chi connectivity index (χ2v) is 4.04. The number of fused-ring (bicyclic) bond motifs is 1. The molecular weight excluding hydrogens is 212 g/mol. The summed E-state index contributed by atoms with van der Waals surface area (Å²) in [4.78, 5) is 10.3. The summed E-state index contributed by atoms with van der Waals surface area (Å²) < 4.78 is 0. The van der Waals surface area contributed by atoms with Crippen molar-refractivity contribution in [2.75, 3.05) is 0 Å². The van der Waals surface area contributed by atoms with Crippen LogP contribution in [0.1, 0.15) is 11.3 Å². The van der Waals surface area contributed by atoms with Gasteiger partial charge in [-0.25, -0.2) is 4.98 Å². The standard InChI is InChI=1S/C13H14N4/c1-2-10-4-5-16-13(10)11(3-1)6-14-7-12-8-15-9-17-12/h1-5,8-9,14,16H,6-7H2,(H,15,17). The molecule has 2 heterocycles. The summed E-state index contributed by atoms with van der Waals surface area (Å²) in [5, 5.41) is 4.65. The molecule has 86 valence electrons. The van der Waals surface area contributed by atoms with E-state index in [0.29, 0.717) is 0 Å². The fraction of sp³-hybridized carbons (Fsp3) is 0.154. The van der Waals surface area contributed by atoms with E-state index in [2.05, 4.69) is 44.5 Å². The Kier molecular flexibility index (Phi) is 2.63. The van der Waals surface area contributed by atoms with Crippen LogP contribution in [0.5, 0.6) is 0 Å². The van der Waals surface area contributed by atoms with Crippen LogP contribution < -0.4 is 5.32 Å². The SMILES string of the molecule is c1cc(CNCc2cnc[nH]2)c2[nH]ccc2c1. The zero-order chi connectivity index (χ0) is 11.5. The van der Waals surface area contributed by atoms with Crippen LogP contribution >= 0.6 is 0 Å². The van der Waals surface area contributed by atoms with Gasteiger partial charge in [0.15, 0.2) is 0 Å². The first-order valence-electron chi connectivity index (χ1n) is 5.66. The van der Waals surface area contributed by atoms with Gasteiger partial charge in [0.1, 0.15) is 0 Å². The maximum absolute atomic E-state index is 3.99. The summed E-state index contributed by atoms with van der Waals surface area (Å²) in [5.41, 5.74) is 3.60. The number of rotatable bonds is 4. The molecule has 0 fully saturated rings. The van der Waals surface area contributed by atoms with Crippen molar-refractivity contribution >= 4 is 10.9 Å². The Bertz CT molecular complexity index is 595. The van der Waals surface area contributed by atoms with Crippen LogP contribution in [0.15, 0.2) is 43.0 Å². The van der Waals surface area contributed by atoms with Crippen molar-refractivity contribution < 1.29 is 0 Å². The highest BCUT2D eigenvalue weighted by atomic mass is 14.9. The maximum Gasteiger partial charge on any atom is 0.0922 e. The molecule has 0 aliphatic rings. The predicted molar refractivity (Wildman–Crippen MR) is 67.4 cm³/mol. The highest BCUT2D eigenvalue weighted by molar-refractivity contribution is 5.82. The number of para-hydroxylation sites is 1. The molecule has 0 amide bonds. The van der Waals surface area contributed by atoms with Crippen LogP contribution in [0.3, 0.4) is 0 Å². The number of benzene rings is 1. The second-order valence-electron chi connectivity index (χ2n) is 4.04. The van der Waals surface area contributed by atoms with E-state index in [1.54, 1.807) is 6.33 Å². The summed E-state index contributed by atoms with van der Waals surface area (Å²) in [6, 6.07) is 8.43. The van der Waals surface area contributed by atoms with Crippen molar-refractivity contribution in [3.63, 3.8) is 0 Å². The summed E-state index contributed by atoms with van der Waals surface area (Å²) in [6.45, 7) is 1.65. The molecule has 3 rings (SSSR count). The van der Waals surface area contributed by atoms with E-state index >= 15 is 0 Å². The Labute approximate surface area is 99.1 Å². The van der Waals surface area contributed by atoms with Gasteiger partial charge in [-0.3, -0.25) is 0 Å². The smallest absolute Gasteiger partial charge is 0.0922 e. The van der Waals surface area contributed by atoms with Crippen LogP contribution in [0.25, 0.3) is 10.9 Å². The van der Waals surface area contributed by atoms with E-state index in [1.807, 2.05) is 12.4 Å². The van der Waals surface area contributed by atoms with Crippen molar-refractivity contribution in [1.29, 1.82) is 0 Å². The van der Waals surface area contributed by atoms with Crippen molar-refractivity contribution in [1.82, 2.24) is 20.3 Å². The van der Waals surface area contributed by atoms with Crippen LogP contribution in [-0.2, 0) is 13.1 Å². The second kappa shape index (κ2) is 4.43. The van der Waals surface area contributed by atoms with Gasteiger partial charge < -0.3 is 15.3 Å². The Hall–Kier alpha value is -2.07. The zero-order valence-electron chi connectivity index (χ0n) is 9.40. The number of aromatic amines is 2. The Morgan fingerprint density at radius 2 is 2.12 bits per heavy atom.